The molecule has 0 radical (unpaired) electrons. The number of carbonyl (C=O) groups is 3. The Balaban J connectivity index is 1.53. The molecule has 1 aliphatic heterocycles. The van der Waals surface area contributed by atoms with Gasteiger partial charge in [-0.15, -0.1) is 11.6 Å². The Kier molecular flexibility index (Phi) is 8.11. The quantitative estimate of drug-likeness (QED) is 0.315. The Hall–Kier alpha value is -2.37. The summed E-state index contributed by atoms with van der Waals surface area (Å²) in [6.45, 7) is 5.76. The van der Waals surface area contributed by atoms with E-state index in [-0.39, 0.29) is 64.1 Å². The lowest BCUT2D eigenvalue weighted by atomic mass is 9.69. The number of fused-ring (bicyclic) bond motifs is 1. The highest BCUT2D eigenvalue weighted by atomic mass is 35.5. The summed E-state index contributed by atoms with van der Waals surface area (Å²) in [5.74, 6) is -5.40. The summed E-state index contributed by atoms with van der Waals surface area (Å²) < 4.78 is 59.4. The van der Waals surface area contributed by atoms with Crippen molar-refractivity contribution in [1.29, 1.82) is 0 Å². The van der Waals surface area contributed by atoms with E-state index in [0.29, 0.717) is 29.8 Å². The average molecular weight is 619 g/mol. The van der Waals surface area contributed by atoms with Gasteiger partial charge in [0.25, 0.3) is 5.91 Å². The summed E-state index contributed by atoms with van der Waals surface area (Å²) in [7, 11) is 0. The van der Waals surface area contributed by atoms with Crippen LogP contribution in [0.1, 0.15) is 99.8 Å². The fourth-order valence-electron chi connectivity index (χ4n) is 7.38. The second-order valence-electron chi connectivity index (χ2n) is 13.6. The molecule has 0 saturated heterocycles. The van der Waals surface area contributed by atoms with Gasteiger partial charge in [-0.2, -0.15) is 18.3 Å². The van der Waals surface area contributed by atoms with Crippen LogP contribution in [0.3, 0.4) is 0 Å². The molecule has 42 heavy (non-hydrogen) atoms. The summed E-state index contributed by atoms with van der Waals surface area (Å²) in [6.07, 6.45) is -4.40. The minimum Gasteiger partial charge on any atom is -0.481 e. The highest BCUT2D eigenvalue weighted by Crippen LogP contribution is 2.66. The summed E-state index contributed by atoms with van der Waals surface area (Å²) >= 11 is 6.65. The summed E-state index contributed by atoms with van der Waals surface area (Å²) in [4.78, 5) is 40.3. The van der Waals surface area contributed by atoms with Crippen LogP contribution >= 0.6 is 11.6 Å². The third-order valence-corrected chi connectivity index (χ3v) is 10.2. The van der Waals surface area contributed by atoms with Gasteiger partial charge in [-0.1, -0.05) is 6.42 Å². The molecule has 8 nitrogen and oxygen atoms in total. The van der Waals surface area contributed by atoms with E-state index in [1.54, 1.807) is 0 Å². The van der Waals surface area contributed by atoms with Gasteiger partial charge in [-0.05, 0) is 78.1 Å². The van der Waals surface area contributed by atoms with Crippen LogP contribution < -0.4 is 5.32 Å². The third kappa shape index (κ3) is 5.64. The van der Waals surface area contributed by atoms with E-state index in [9.17, 15) is 32.7 Å². The number of nitrogens with one attached hydrogen (secondary N) is 1. The van der Waals surface area contributed by atoms with Crippen LogP contribution in [0.2, 0.25) is 0 Å². The number of carboxylic acids is 1. The van der Waals surface area contributed by atoms with E-state index in [0.717, 1.165) is 4.68 Å². The Morgan fingerprint density at radius 2 is 1.79 bits per heavy atom. The summed E-state index contributed by atoms with van der Waals surface area (Å²) in [5.41, 5.74) is -1.17. The molecule has 3 aliphatic carbocycles. The molecule has 6 atom stereocenters. The van der Waals surface area contributed by atoms with Crippen molar-refractivity contribution in [1.82, 2.24) is 20.0 Å². The summed E-state index contributed by atoms with van der Waals surface area (Å²) in [5, 5.41) is 16.1. The highest BCUT2D eigenvalue weighted by molar-refractivity contribution is 6.22. The average Bonchev–Trinajstić information content (AvgIpc) is 3.63. The molecular formula is C29H39ClF4N4O4. The number of amides is 2. The van der Waals surface area contributed by atoms with Gasteiger partial charge in [0.2, 0.25) is 0 Å². The number of aromatic nitrogens is 2. The standard InChI is InChI=1S/C29H39ClF4N4O4/c1-27(2,3)35-26(42)37-12-9-17-21(14-37)38(36-23(17)16-8-7-15(25(40)41)13-20(16)31)24(39)22-18(5-4-6-19(22)30)28(10-11-28)29(32,33)34/h15-16,18-20,22H,4-14H2,1-3H3,(H,35,42)(H,40,41). The van der Waals surface area contributed by atoms with Crippen LogP contribution in [0.15, 0.2) is 0 Å². The third-order valence-electron chi connectivity index (χ3n) is 9.71. The van der Waals surface area contributed by atoms with E-state index < -0.39 is 64.2 Å². The maximum Gasteiger partial charge on any atom is 0.394 e. The Bertz CT molecular complexity index is 1240. The van der Waals surface area contributed by atoms with E-state index >= 15 is 4.39 Å². The van der Waals surface area contributed by atoms with Crippen LogP contribution in [0.25, 0.3) is 0 Å². The number of rotatable bonds is 4. The van der Waals surface area contributed by atoms with Gasteiger partial charge in [0.15, 0.2) is 0 Å². The van der Waals surface area contributed by atoms with Gasteiger partial charge < -0.3 is 15.3 Å². The minimum atomic E-state index is -4.47. The zero-order valence-corrected chi connectivity index (χ0v) is 24.9. The van der Waals surface area contributed by atoms with Gasteiger partial charge in [0, 0.05) is 28.9 Å². The van der Waals surface area contributed by atoms with Crippen LogP contribution in [-0.4, -0.2) is 67.5 Å². The Labute approximate surface area is 247 Å². The lowest BCUT2D eigenvalue weighted by molar-refractivity contribution is -0.209. The zero-order valence-electron chi connectivity index (χ0n) is 24.1. The van der Waals surface area contributed by atoms with Crippen molar-refractivity contribution in [2.75, 3.05) is 6.54 Å². The van der Waals surface area contributed by atoms with Crippen molar-refractivity contribution >= 4 is 29.5 Å². The van der Waals surface area contributed by atoms with Crippen molar-refractivity contribution in [2.24, 2.45) is 23.2 Å². The zero-order chi connectivity index (χ0) is 30.8. The number of carboxylic acid groups (broad SMARTS) is 1. The molecule has 1 aromatic heterocycles. The van der Waals surface area contributed by atoms with Crippen LogP contribution in [0.4, 0.5) is 22.4 Å². The largest absolute Gasteiger partial charge is 0.481 e. The van der Waals surface area contributed by atoms with Crippen LogP contribution in [0, 0.1) is 23.2 Å². The molecule has 2 heterocycles. The van der Waals surface area contributed by atoms with Gasteiger partial charge in [0.05, 0.1) is 35.2 Å². The monoisotopic (exact) mass is 618 g/mol. The molecule has 13 heteroatoms. The molecule has 234 valence electrons. The number of nitrogens with zero attached hydrogens (tertiary/aromatic N) is 3. The molecule has 0 bridgehead atoms. The van der Waals surface area contributed by atoms with Gasteiger partial charge in [-0.25, -0.2) is 13.9 Å². The van der Waals surface area contributed by atoms with Crippen molar-refractivity contribution in [2.45, 2.75) is 114 Å². The molecule has 3 fully saturated rings. The molecule has 4 aliphatic rings. The van der Waals surface area contributed by atoms with E-state index in [1.165, 1.54) is 4.90 Å². The molecule has 2 N–H and O–H groups in total. The van der Waals surface area contributed by atoms with Gasteiger partial charge in [0.1, 0.15) is 6.17 Å². The minimum absolute atomic E-state index is 0.0217. The maximum absolute atomic E-state index is 15.5. The second-order valence-corrected chi connectivity index (χ2v) is 14.2. The van der Waals surface area contributed by atoms with Crippen molar-refractivity contribution in [3.8, 4) is 0 Å². The van der Waals surface area contributed by atoms with E-state index in [4.69, 9.17) is 11.6 Å². The normalized spacial score (nSPS) is 31.3. The Morgan fingerprint density at radius 1 is 1.10 bits per heavy atom. The second kappa shape index (κ2) is 11.0. The lowest BCUT2D eigenvalue weighted by Gasteiger charge is -2.40. The van der Waals surface area contributed by atoms with Crippen molar-refractivity contribution in [3.63, 3.8) is 0 Å². The Morgan fingerprint density at radius 3 is 2.36 bits per heavy atom. The number of urea groups is 1. The fraction of sp³-hybridized carbons (Fsp3) is 0.793. The first-order chi connectivity index (χ1) is 19.5. The molecule has 3 saturated carbocycles. The first-order valence-corrected chi connectivity index (χ1v) is 15.3. The number of carbonyl (C=O) groups excluding carboxylic acids is 2. The first kappa shape index (κ1) is 31.1. The van der Waals surface area contributed by atoms with E-state index in [1.807, 2.05) is 20.8 Å². The number of halogens is 5. The molecule has 2 amide bonds. The highest BCUT2D eigenvalue weighted by Gasteiger charge is 2.69. The number of hydrogen-bond donors (Lipinski definition) is 2. The van der Waals surface area contributed by atoms with Crippen molar-refractivity contribution in [3.05, 3.63) is 17.0 Å². The molecular weight excluding hydrogens is 580 g/mol. The molecule has 6 unspecified atom stereocenters. The number of hydrogen-bond acceptors (Lipinski definition) is 4. The van der Waals surface area contributed by atoms with Gasteiger partial charge in [-0.3, -0.25) is 9.59 Å². The first-order valence-electron chi connectivity index (χ1n) is 14.8. The van der Waals surface area contributed by atoms with Crippen molar-refractivity contribution < 1.29 is 37.1 Å². The number of aliphatic carboxylic acids is 1. The topological polar surface area (TPSA) is 105 Å². The molecule has 0 aromatic carbocycles. The summed E-state index contributed by atoms with van der Waals surface area (Å²) in [6, 6.07) is -0.361. The predicted octanol–water partition coefficient (Wildman–Crippen LogP) is 6.06. The molecule has 0 spiro atoms. The lowest BCUT2D eigenvalue weighted by Crippen LogP contribution is -2.50. The van der Waals surface area contributed by atoms with Crippen LogP contribution in [-0.2, 0) is 17.8 Å². The fourth-order valence-corrected chi connectivity index (χ4v) is 7.82. The number of alkyl halides is 5. The maximum atomic E-state index is 15.5. The predicted molar refractivity (Wildman–Crippen MR) is 146 cm³/mol. The SMILES string of the molecule is CC(C)(C)NC(=O)N1CCc2c(C3CCC(C(=O)O)CC3F)nn(C(=O)C3C(Cl)CCCC3C3(C(F)(F)F)CC3)c2C1. The molecule has 1 aromatic rings. The van der Waals surface area contributed by atoms with Crippen LogP contribution in [0.5, 0.6) is 0 Å². The van der Waals surface area contributed by atoms with Gasteiger partial charge >= 0.3 is 18.2 Å². The molecule has 5 rings (SSSR count). The van der Waals surface area contributed by atoms with E-state index in [2.05, 4.69) is 10.4 Å². The smallest absolute Gasteiger partial charge is 0.394 e.